The first-order chi connectivity index (χ1) is 9.41. The second-order valence-corrected chi connectivity index (χ2v) is 4.87. The maximum atomic E-state index is 12.0. The Kier molecular flexibility index (Phi) is 3.70. The van der Waals surface area contributed by atoms with E-state index in [4.69, 9.17) is 4.84 Å². The lowest BCUT2D eigenvalue weighted by Gasteiger charge is -2.13. The van der Waals surface area contributed by atoms with Gasteiger partial charge in [0.15, 0.2) is 0 Å². The van der Waals surface area contributed by atoms with Crippen LogP contribution in [-0.4, -0.2) is 22.8 Å². The number of hydroxylamine groups is 2. The molecule has 0 spiro atoms. The molecule has 104 valence electrons. The fraction of sp³-hybridized carbons (Fsp3) is 0.267. The molecule has 1 aromatic rings. The van der Waals surface area contributed by atoms with Crippen LogP contribution in [0, 0.1) is 0 Å². The predicted octanol–water partition coefficient (Wildman–Crippen LogP) is 2.49. The summed E-state index contributed by atoms with van der Waals surface area (Å²) in [6, 6.07) is 6.38. The third-order valence-electron chi connectivity index (χ3n) is 3.21. The van der Waals surface area contributed by atoms with E-state index in [-0.39, 0.29) is 17.5 Å². The molecule has 5 nitrogen and oxygen atoms in total. The Bertz CT molecular complexity index is 592. The second kappa shape index (κ2) is 5.28. The Morgan fingerprint density at radius 3 is 2.00 bits per heavy atom. The highest BCUT2D eigenvalue weighted by Crippen LogP contribution is 2.23. The minimum Gasteiger partial charge on any atom is -0.329 e. The van der Waals surface area contributed by atoms with Gasteiger partial charge in [-0.1, -0.05) is 28.3 Å². The van der Waals surface area contributed by atoms with Gasteiger partial charge in [0, 0.05) is 0 Å². The molecule has 0 fully saturated rings. The van der Waals surface area contributed by atoms with Crippen molar-refractivity contribution in [2.24, 2.45) is 0 Å². The van der Waals surface area contributed by atoms with Gasteiger partial charge in [-0.3, -0.25) is 9.59 Å². The van der Waals surface area contributed by atoms with Crippen LogP contribution in [0.15, 0.2) is 35.4 Å². The van der Waals surface area contributed by atoms with Crippen LogP contribution in [0.3, 0.4) is 0 Å². The van der Waals surface area contributed by atoms with Crippen molar-refractivity contribution in [3.05, 3.63) is 46.5 Å². The lowest BCUT2D eigenvalue weighted by molar-refractivity contribution is -0.167. The van der Waals surface area contributed by atoms with E-state index in [1.807, 2.05) is 13.8 Å². The summed E-state index contributed by atoms with van der Waals surface area (Å²) in [5.41, 5.74) is 2.37. The van der Waals surface area contributed by atoms with Crippen molar-refractivity contribution >= 4 is 17.8 Å². The molecule has 0 radical (unpaired) electrons. The first kappa shape index (κ1) is 14.0. The van der Waals surface area contributed by atoms with Crippen LogP contribution >= 0.6 is 0 Å². The minimum atomic E-state index is -0.627. The Balaban J connectivity index is 2.13. The Morgan fingerprint density at radius 2 is 1.55 bits per heavy atom. The van der Waals surface area contributed by atoms with Crippen LogP contribution in [0.4, 0.5) is 0 Å². The van der Waals surface area contributed by atoms with Gasteiger partial charge in [0.25, 0.3) is 11.8 Å². The number of benzene rings is 1. The molecule has 2 amide bonds. The molecule has 0 aromatic heterocycles. The van der Waals surface area contributed by atoms with E-state index < -0.39 is 17.8 Å². The maximum Gasteiger partial charge on any atom is 0.337 e. The summed E-state index contributed by atoms with van der Waals surface area (Å²) in [6.45, 7) is 5.56. The van der Waals surface area contributed by atoms with Crippen LogP contribution in [0.2, 0.25) is 0 Å². The van der Waals surface area contributed by atoms with Gasteiger partial charge in [0.05, 0.1) is 17.5 Å². The van der Waals surface area contributed by atoms with E-state index in [1.165, 1.54) is 12.1 Å². The van der Waals surface area contributed by atoms with Gasteiger partial charge in [-0.2, -0.15) is 0 Å². The highest BCUT2D eigenvalue weighted by atomic mass is 16.7. The Labute approximate surface area is 116 Å². The van der Waals surface area contributed by atoms with Gasteiger partial charge < -0.3 is 4.84 Å². The fourth-order valence-electron chi connectivity index (χ4n) is 1.78. The average Bonchev–Trinajstić information content (AvgIpc) is 2.64. The summed E-state index contributed by atoms with van der Waals surface area (Å²) in [4.78, 5) is 40.6. The minimum absolute atomic E-state index is 0.0513. The largest absolute Gasteiger partial charge is 0.337 e. The van der Waals surface area contributed by atoms with Crippen LogP contribution in [0.1, 0.15) is 47.9 Å². The molecule has 0 atom stereocenters. The van der Waals surface area contributed by atoms with Crippen molar-refractivity contribution in [1.29, 1.82) is 0 Å². The third-order valence-corrected chi connectivity index (χ3v) is 3.21. The molecule has 0 N–H and O–H groups in total. The number of hydrogen-bond acceptors (Lipinski definition) is 4. The van der Waals surface area contributed by atoms with Crippen molar-refractivity contribution in [3.8, 4) is 0 Å². The lowest BCUT2D eigenvalue weighted by Crippen LogP contribution is -2.32. The van der Waals surface area contributed by atoms with Gasteiger partial charge in [-0.05, 0) is 32.9 Å². The number of carbonyl (C=O) groups excluding carboxylic acids is 3. The zero-order valence-corrected chi connectivity index (χ0v) is 11.6. The molecule has 0 bridgehead atoms. The van der Waals surface area contributed by atoms with Crippen molar-refractivity contribution in [1.82, 2.24) is 5.06 Å². The predicted molar refractivity (Wildman–Crippen MR) is 71.7 cm³/mol. The first-order valence-corrected chi connectivity index (χ1v) is 6.23. The number of amides is 2. The van der Waals surface area contributed by atoms with Crippen LogP contribution < -0.4 is 0 Å². The molecular formula is C15H15NO4. The molecule has 1 aromatic carbocycles. The molecular weight excluding hydrogens is 258 g/mol. The van der Waals surface area contributed by atoms with Crippen LogP contribution in [-0.2, 0) is 9.63 Å². The molecule has 1 aliphatic heterocycles. The number of imide groups is 1. The number of allylic oxidation sites excluding steroid dienone is 1. The average molecular weight is 273 g/mol. The molecule has 20 heavy (non-hydrogen) atoms. The topological polar surface area (TPSA) is 63.7 Å². The summed E-state index contributed by atoms with van der Waals surface area (Å²) >= 11 is 0. The van der Waals surface area contributed by atoms with Crippen LogP contribution in [0.5, 0.6) is 0 Å². The number of carbonyl (C=O) groups is 3. The second-order valence-electron chi connectivity index (χ2n) is 4.87. The first-order valence-electron chi connectivity index (χ1n) is 6.23. The van der Waals surface area contributed by atoms with Crippen molar-refractivity contribution in [2.45, 2.75) is 27.2 Å². The van der Waals surface area contributed by atoms with Gasteiger partial charge in [0.2, 0.25) is 0 Å². The van der Waals surface area contributed by atoms with E-state index in [0.717, 1.165) is 11.1 Å². The van der Waals surface area contributed by atoms with Crippen molar-refractivity contribution in [3.63, 3.8) is 0 Å². The van der Waals surface area contributed by atoms with Gasteiger partial charge >= 0.3 is 5.97 Å². The number of nitrogens with zero attached hydrogens (tertiary/aromatic N) is 1. The van der Waals surface area contributed by atoms with Gasteiger partial charge in [0.1, 0.15) is 0 Å². The van der Waals surface area contributed by atoms with Crippen molar-refractivity contribution < 1.29 is 19.2 Å². The summed E-state index contributed by atoms with van der Waals surface area (Å²) in [5, 5.41) is 0.533. The standard InChI is InChI=1S/C15H15NO4/c1-9(2)10(3)8-13(17)20-16-14(18)11-6-4-5-7-12(11)15(16)19/h4-7H,8H2,1-3H3. The zero-order chi connectivity index (χ0) is 14.9. The monoisotopic (exact) mass is 273 g/mol. The molecule has 1 heterocycles. The molecule has 1 aliphatic rings. The SMILES string of the molecule is CC(C)=C(C)CC(=O)ON1C(=O)c2ccccc2C1=O. The summed E-state index contributed by atoms with van der Waals surface area (Å²) in [7, 11) is 0. The summed E-state index contributed by atoms with van der Waals surface area (Å²) in [6.07, 6.45) is 0.0513. The van der Waals surface area contributed by atoms with Gasteiger partial charge in [-0.15, -0.1) is 0 Å². The fourth-order valence-corrected chi connectivity index (χ4v) is 1.78. The summed E-state index contributed by atoms with van der Waals surface area (Å²) < 4.78 is 0. The van der Waals surface area contributed by atoms with E-state index >= 15 is 0 Å². The molecule has 0 aliphatic carbocycles. The van der Waals surface area contributed by atoms with E-state index in [2.05, 4.69) is 0 Å². The molecule has 2 rings (SSSR count). The number of fused-ring (bicyclic) bond motifs is 1. The maximum absolute atomic E-state index is 12.0. The highest BCUT2D eigenvalue weighted by Gasteiger charge is 2.38. The number of rotatable bonds is 3. The third kappa shape index (κ3) is 2.47. The number of hydrogen-bond donors (Lipinski definition) is 0. The molecule has 0 saturated carbocycles. The Hall–Kier alpha value is -2.43. The molecule has 5 heteroatoms. The van der Waals surface area contributed by atoms with E-state index in [0.29, 0.717) is 5.06 Å². The van der Waals surface area contributed by atoms with E-state index in [1.54, 1.807) is 19.1 Å². The van der Waals surface area contributed by atoms with Crippen LogP contribution in [0.25, 0.3) is 0 Å². The molecule has 0 saturated heterocycles. The summed E-state index contributed by atoms with van der Waals surface area (Å²) in [5.74, 6) is -1.83. The van der Waals surface area contributed by atoms with Gasteiger partial charge in [-0.25, -0.2) is 4.79 Å². The zero-order valence-electron chi connectivity index (χ0n) is 11.6. The lowest BCUT2D eigenvalue weighted by atomic mass is 10.1. The highest BCUT2D eigenvalue weighted by molar-refractivity contribution is 6.20. The molecule has 0 unspecified atom stereocenters. The quantitative estimate of drug-likeness (QED) is 0.627. The van der Waals surface area contributed by atoms with Crippen molar-refractivity contribution in [2.75, 3.05) is 0 Å². The normalized spacial score (nSPS) is 13.2. The van der Waals surface area contributed by atoms with E-state index in [9.17, 15) is 14.4 Å². The smallest absolute Gasteiger partial charge is 0.329 e. The Morgan fingerprint density at radius 1 is 1.05 bits per heavy atom.